The molecule has 0 saturated heterocycles. The minimum absolute atomic E-state index is 0.168. The highest BCUT2D eigenvalue weighted by molar-refractivity contribution is 7.17. The summed E-state index contributed by atoms with van der Waals surface area (Å²) < 4.78 is 38.6. The summed E-state index contributed by atoms with van der Waals surface area (Å²) >= 11 is 1.16. The fraction of sp³-hybridized carbons (Fsp3) is 0.278. The van der Waals surface area contributed by atoms with Crippen LogP contribution in [0.25, 0.3) is 0 Å². The minimum atomic E-state index is -4.56. The molecular formula is C18H16F3N3O3S. The van der Waals surface area contributed by atoms with Crippen molar-refractivity contribution in [2.75, 3.05) is 12.4 Å². The lowest BCUT2D eigenvalue weighted by Crippen LogP contribution is -2.20. The number of fused-ring (bicyclic) bond motifs is 1. The lowest BCUT2D eigenvalue weighted by Gasteiger charge is -2.13. The van der Waals surface area contributed by atoms with Crippen LogP contribution in [0.1, 0.15) is 43.1 Å². The standard InChI is InChI=1S/C18H16F3N3O3S/c1-27-24-11-5-6-12-13(8-11)28-17(14(12)15(22)25)23-16(26)9-3-2-4-10(7-9)18(19,20)21/h2-4,7H,5-6,8H2,1H3,(H2,22,25)(H,23,26)/b24-11+. The molecule has 1 aliphatic rings. The van der Waals surface area contributed by atoms with E-state index in [4.69, 9.17) is 10.6 Å². The van der Waals surface area contributed by atoms with E-state index in [0.717, 1.165) is 45.7 Å². The molecule has 0 aliphatic heterocycles. The van der Waals surface area contributed by atoms with Crippen LogP contribution in [0.15, 0.2) is 29.4 Å². The minimum Gasteiger partial charge on any atom is -0.399 e. The molecule has 3 N–H and O–H groups in total. The zero-order valence-electron chi connectivity index (χ0n) is 14.7. The number of carbonyl (C=O) groups is 2. The molecule has 10 heteroatoms. The third kappa shape index (κ3) is 4.01. The maximum absolute atomic E-state index is 12.9. The van der Waals surface area contributed by atoms with Gasteiger partial charge in [0.1, 0.15) is 12.1 Å². The Balaban J connectivity index is 1.92. The average Bonchev–Trinajstić information content (AvgIpc) is 2.98. The zero-order chi connectivity index (χ0) is 20.5. The van der Waals surface area contributed by atoms with Crippen LogP contribution in [0.3, 0.4) is 0 Å². The van der Waals surface area contributed by atoms with Gasteiger partial charge in [-0.3, -0.25) is 9.59 Å². The SMILES string of the molecule is CO/N=C1\CCc2c(sc(NC(=O)c3cccc(C(F)(F)F)c3)c2C(N)=O)C1. The number of oxime groups is 1. The average molecular weight is 411 g/mol. The van der Waals surface area contributed by atoms with Crippen molar-refractivity contribution >= 4 is 33.9 Å². The second kappa shape index (κ2) is 7.63. The first-order valence-electron chi connectivity index (χ1n) is 8.22. The third-order valence-corrected chi connectivity index (χ3v) is 5.41. The molecule has 0 bridgehead atoms. The zero-order valence-corrected chi connectivity index (χ0v) is 15.5. The molecule has 1 aromatic carbocycles. The Bertz CT molecular complexity index is 967. The van der Waals surface area contributed by atoms with E-state index >= 15 is 0 Å². The van der Waals surface area contributed by atoms with Gasteiger partial charge in [-0.15, -0.1) is 11.3 Å². The molecule has 28 heavy (non-hydrogen) atoms. The van der Waals surface area contributed by atoms with Crippen LogP contribution in [-0.4, -0.2) is 24.6 Å². The topological polar surface area (TPSA) is 93.8 Å². The molecule has 1 aromatic heterocycles. The van der Waals surface area contributed by atoms with Gasteiger partial charge in [-0.25, -0.2) is 0 Å². The molecular weight excluding hydrogens is 395 g/mol. The number of hydrogen-bond acceptors (Lipinski definition) is 5. The number of thiophene rings is 1. The van der Waals surface area contributed by atoms with Crippen LogP contribution in [-0.2, 0) is 23.9 Å². The van der Waals surface area contributed by atoms with E-state index < -0.39 is 23.6 Å². The Morgan fingerprint density at radius 1 is 1.29 bits per heavy atom. The van der Waals surface area contributed by atoms with Gasteiger partial charge in [0.25, 0.3) is 11.8 Å². The van der Waals surface area contributed by atoms with Gasteiger partial charge in [0.15, 0.2) is 0 Å². The molecule has 2 amide bonds. The lowest BCUT2D eigenvalue weighted by molar-refractivity contribution is -0.137. The summed E-state index contributed by atoms with van der Waals surface area (Å²) in [5.41, 5.74) is 6.10. The third-order valence-electron chi connectivity index (χ3n) is 4.26. The normalized spacial score (nSPS) is 15.2. The van der Waals surface area contributed by atoms with E-state index in [1.807, 2.05) is 0 Å². The van der Waals surface area contributed by atoms with Crippen LogP contribution in [0.4, 0.5) is 18.2 Å². The van der Waals surface area contributed by atoms with Crippen molar-refractivity contribution in [2.45, 2.75) is 25.4 Å². The number of nitrogens with one attached hydrogen (secondary N) is 1. The summed E-state index contributed by atoms with van der Waals surface area (Å²) in [6, 6.07) is 4.06. The maximum Gasteiger partial charge on any atom is 0.416 e. The Morgan fingerprint density at radius 2 is 2.04 bits per heavy atom. The maximum atomic E-state index is 12.9. The van der Waals surface area contributed by atoms with Gasteiger partial charge in [0, 0.05) is 16.9 Å². The van der Waals surface area contributed by atoms with E-state index in [1.54, 1.807) is 0 Å². The van der Waals surface area contributed by atoms with Gasteiger partial charge in [0.05, 0.1) is 16.8 Å². The number of carbonyl (C=O) groups excluding carboxylic acids is 2. The summed E-state index contributed by atoms with van der Waals surface area (Å²) in [5, 5.41) is 6.67. The molecule has 3 rings (SSSR count). The van der Waals surface area contributed by atoms with E-state index in [9.17, 15) is 22.8 Å². The summed E-state index contributed by atoms with van der Waals surface area (Å²) in [7, 11) is 1.44. The fourth-order valence-corrected chi connectivity index (χ4v) is 4.31. The second-order valence-corrected chi connectivity index (χ2v) is 7.23. The number of hydrogen-bond donors (Lipinski definition) is 2. The molecule has 0 unspecified atom stereocenters. The summed E-state index contributed by atoms with van der Waals surface area (Å²) in [6.07, 6.45) is -3.02. The number of amides is 2. The van der Waals surface area contributed by atoms with Crippen LogP contribution >= 0.6 is 11.3 Å². The van der Waals surface area contributed by atoms with Crippen LogP contribution in [0.2, 0.25) is 0 Å². The van der Waals surface area contributed by atoms with Crippen molar-refractivity contribution in [1.82, 2.24) is 0 Å². The molecule has 6 nitrogen and oxygen atoms in total. The quantitative estimate of drug-likeness (QED) is 0.753. The second-order valence-electron chi connectivity index (χ2n) is 6.12. The number of nitrogens with zero attached hydrogens (tertiary/aromatic N) is 1. The first-order chi connectivity index (χ1) is 13.2. The van der Waals surface area contributed by atoms with Gasteiger partial charge >= 0.3 is 6.18 Å². The Labute approximate surface area is 162 Å². The highest BCUT2D eigenvalue weighted by Crippen LogP contribution is 2.38. The van der Waals surface area contributed by atoms with Crippen LogP contribution in [0.5, 0.6) is 0 Å². The van der Waals surface area contributed by atoms with Crippen LogP contribution < -0.4 is 11.1 Å². The van der Waals surface area contributed by atoms with Gasteiger partial charge in [-0.05, 0) is 36.6 Å². The van der Waals surface area contributed by atoms with Crippen LogP contribution in [0, 0.1) is 0 Å². The number of alkyl halides is 3. The number of nitrogens with two attached hydrogens (primary N) is 1. The van der Waals surface area contributed by atoms with Crippen molar-refractivity contribution in [3.8, 4) is 0 Å². The number of anilines is 1. The van der Waals surface area contributed by atoms with Gasteiger partial charge in [-0.1, -0.05) is 11.2 Å². The van der Waals surface area contributed by atoms with E-state index in [0.29, 0.717) is 19.3 Å². The van der Waals surface area contributed by atoms with Gasteiger partial charge in [0.2, 0.25) is 0 Å². The molecule has 2 aromatic rings. The molecule has 0 radical (unpaired) electrons. The molecule has 1 aliphatic carbocycles. The lowest BCUT2D eigenvalue weighted by atomic mass is 9.94. The summed E-state index contributed by atoms with van der Waals surface area (Å²) in [6.45, 7) is 0. The van der Waals surface area contributed by atoms with E-state index in [-0.39, 0.29) is 16.1 Å². The molecule has 0 atom stereocenters. The summed E-state index contributed by atoms with van der Waals surface area (Å²) in [4.78, 5) is 30.0. The highest BCUT2D eigenvalue weighted by atomic mass is 32.1. The summed E-state index contributed by atoms with van der Waals surface area (Å²) in [5.74, 6) is -1.46. The largest absolute Gasteiger partial charge is 0.416 e. The predicted molar refractivity (Wildman–Crippen MR) is 98.7 cm³/mol. The molecule has 0 spiro atoms. The van der Waals surface area contributed by atoms with Crippen molar-refractivity contribution in [3.63, 3.8) is 0 Å². The molecule has 0 saturated carbocycles. The fourth-order valence-electron chi connectivity index (χ4n) is 3.03. The Kier molecular flexibility index (Phi) is 5.41. The first-order valence-corrected chi connectivity index (χ1v) is 9.04. The van der Waals surface area contributed by atoms with Gasteiger partial charge in [-0.2, -0.15) is 13.2 Å². The molecule has 1 heterocycles. The van der Waals surface area contributed by atoms with Crippen molar-refractivity contribution in [3.05, 3.63) is 51.4 Å². The van der Waals surface area contributed by atoms with Crippen molar-refractivity contribution in [2.24, 2.45) is 10.9 Å². The molecule has 148 valence electrons. The van der Waals surface area contributed by atoms with Gasteiger partial charge < -0.3 is 15.9 Å². The van der Waals surface area contributed by atoms with Crippen molar-refractivity contribution < 1.29 is 27.6 Å². The number of primary amides is 1. The van der Waals surface area contributed by atoms with Crippen molar-refractivity contribution in [1.29, 1.82) is 0 Å². The predicted octanol–water partition coefficient (Wildman–Crippen LogP) is 3.61. The highest BCUT2D eigenvalue weighted by Gasteiger charge is 2.31. The number of halogens is 3. The van der Waals surface area contributed by atoms with E-state index in [1.165, 1.54) is 13.2 Å². The Hall–Kier alpha value is -2.88. The van der Waals surface area contributed by atoms with E-state index in [2.05, 4.69) is 10.5 Å². The monoisotopic (exact) mass is 411 g/mol. The number of rotatable bonds is 4. The first kappa shape index (κ1) is 19.9. The smallest absolute Gasteiger partial charge is 0.399 e. The molecule has 0 fully saturated rings. The number of benzene rings is 1. The Morgan fingerprint density at radius 3 is 2.68 bits per heavy atom.